The van der Waals surface area contributed by atoms with Crippen molar-refractivity contribution in [3.05, 3.63) is 84.6 Å². The van der Waals surface area contributed by atoms with Crippen molar-refractivity contribution in [2.75, 3.05) is 17.7 Å². The fourth-order valence-electron chi connectivity index (χ4n) is 2.38. The highest BCUT2D eigenvalue weighted by Gasteiger charge is 2.07. The van der Waals surface area contributed by atoms with Crippen LogP contribution in [0.2, 0.25) is 0 Å². The van der Waals surface area contributed by atoms with Crippen LogP contribution in [0.3, 0.4) is 0 Å². The Bertz CT molecular complexity index is 833. The largest absolute Gasteiger partial charge is 0.495 e. The number of rotatable bonds is 6. The number of urea groups is 1. The smallest absolute Gasteiger partial charge is 0.323 e. The molecule has 0 unspecified atom stereocenters. The summed E-state index contributed by atoms with van der Waals surface area (Å²) in [5.41, 5.74) is 9.67. The van der Waals surface area contributed by atoms with Gasteiger partial charge in [-0.15, -0.1) is 0 Å². The van der Waals surface area contributed by atoms with Crippen LogP contribution in [0.1, 0.15) is 12.5 Å². The second-order valence-corrected chi connectivity index (χ2v) is 5.60. The van der Waals surface area contributed by atoms with E-state index in [1.165, 1.54) is 0 Å². The summed E-state index contributed by atoms with van der Waals surface area (Å²) in [6.07, 6.45) is 5.47. The van der Waals surface area contributed by atoms with Crippen molar-refractivity contribution in [1.29, 1.82) is 0 Å². The lowest BCUT2D eigenvalue weighted by Gasteiger charge is -2.11. The zero-order valence-electron chi connectivity index (χ0n) is 15.0. The van der Waals surface area contributed by atoms with Crippen LogP contribution in [0, 0.1) is 0 Å². The molecule has 134 valence electrons. The first kappa shape index (κ1) is 18.9. The van der Waals surface area contributed by atoms with Crippen LogP contribution in [-0.4, -0.2) is 13.1 Å². The Hall–Kier alpha value is -3.47. The van der Waals surface area contributed by atoms with E-state index in [9.17, 15) is 4.79 Å². The standard InChI is InChI=1S/C21H23N3O2/c1-4-7-17(14-15(2)22)16-10-12-18(13-11-16)23-21(25)24-19-8-5-6-9-20(19)26-3/h4-14H,1,22H2,2-3H3,(H2,23,24,25)/b15-14-,17-7+. The first-order valence-corrected chi connectivity index (χ1v) is 8.11. The average Bonchev–Trinajstić information content (AvgIpc) is 2.62. The Morgan fingerprint density at radius 1 is 1.12 bits per heavy atom. The van der Waals surface area contributed by atoms with Crippen LogP contribution in [0.15, 0.2) is 79.0 Å². The normalized spacial score (nSPS) is 11.6. The zero-order chi connectivity index (χ0) is 18.9. The second kappa shape index (κ2) is 9.13. The van der Waals surface area contributed by atoms with E-state index in [0.717, 1.165) is 11.1 Å². The molecule has 0 spiro atoms. The molecule has 4 N–H and O–H groups in total. The van der Waals surface area contributed by atoms with Crippen molar-refractivity contribution in [2.45, 2.75) is 6.92 Å². The zero-order valence-corrected chi connectivity index (χ0v) is 15.0. The van der Waals surface area contributed by atoms with E-state index in [4.69, 9.17) is 10.5 Å². The number of methoxy groups -OCH3 is 1. The SMILES string of the molecule is C=C/C=C(\C=C(\C)N)c1ccc(NC(=O)Nc2ccccc2OC)cc1. The molecule has 0 aliphatic heterocycles. The van der Waals surface area contributed by atoms with Gasteiger partial charge in [0, 0.05) is 11.4 Å². The number of nitrogens with one attached hydrogen (secondary N) is 2. The number of hydrogen-bond acceptors (Lipinski definition) is 3. The average molecular weight is 349 g/mol. The summed E-state index contributed by atoms with van der Waals surface area (Å²) in [5.74, 6) is 0.598. The number of nitrogens with two attached hydrogens (primary N) is 1. The van der Waals surface area contributed by atoms with Gasteiger partial charge in [-0.05, 0) is 48.4 Å². The van der Waals surface area contributed by atoms with E-state index in [1.54, 1.807) is 25.3 Å². The molecule has 5 nitrogen and oxygen atoms in total. The maximum atomic E-state index is 12.2. The molecular formula is C21H23N3O2. The van der Waals surface area contributed by atoms with Gasteiger partial charge >= 0.3 is 6.03 Å². The Labute approximate surface area is 153 Å². The number of allylic oxidation sites excluding steroid dienone is 5. The molecule has 0 aliphatic rings. The van der Waals surface area contributed by atoms with Crippen molar-refractivity contribution < 1.29 is 9.53 Å². The van der Waals surface area contributed by atoms with Gasteiger partial charge in [-0.25, -0.2) is 4.79 Å². The molecule has 2 rings (SSSR count). The first-order chi connectivity index (χ1) is 12.5. The minimum atomic E-state index is -0.346. The van der Waals surface area contributed by atoms with Gasteiger partial charge in [-0.1, -0.05) is 43.0 Å². The van der Waals surface area contributed by atoms with E-state index >= 15 is 0 Å². The lowest BCUT2D eigenvalue weighted by Crippen LogP contribution is -2.19. The topological polar surface area (TPSA) is 76.4 Å². The molecule has 0 saturated heterocycles. The number of ether oxygens (including phenoxy) is 1. The number of para-hydroxylation sites is 2. The van der Waals surface area contributed by atoms with Crippen molar-refractivity contribution in [3.8, 4) is 5.75 Å². The molecule has 0 fully saturated rings. The van der Waals surface area contributed by atoms with Crippen molar-refractivity contribution in [1.82, 2.24) is 0 Å². The van der Waals surface area contributed by atoms with Gasteiger partial charge in [0.25, 0.3) is 0 Å². The second-order valence-electron chi connectivity index (χ2n) is 5.60. The molecule has 2 aromatic carbocycles. The van der Waals surface area contributed by atoms with E-state index in [2.05, 4.69) is 17.2 Å². The number of amides is 2. The fraction of sp³-hybridized carbons (Fsp3) is 0.0952. The molecule has 0 saturated carbocycles. The van der Waals surface area contributed by atoms with Crippen LogP contribution in [0.5, 0.6) is 5.75 Å². The van der Waals surface area contributed by atoms with Gasteiger partial charge in [0.15, 0.2) is 0 Å². The van der Waals surface area contributed by atoms with Gasteiger partial charge < -0.3 is 21.1 Å². The predicted molar refractivity (Wildman–Crippen MR) is 108 cm³/mol. The molecule has 0 aromatic heterocycles. The monoisotopic (exact) mass is 349 g/mol. The summed E-state index contributed by atoms with van der Waals surface area (Å²) in [5, 5.41) is 5.56. The lowest BCUT2D eigenvalue weighted by atomic mass is 10.0. The maximum Gasteiger partial charge on any atom is 0.323 e. The molecule has 0 bridgehead atoms. The van der Waals surface area contributed by atoms with E-state index in [1.807, 2.05) is 55.5 Å². The molecule has 2 aromatic rings. The summed E-state index contributed by atoms with van der Waals surface area (Å²) in [4.78, 5) is 12.2. The molecule has 0 aliphatic carbocycles. The van der Waals surface area contributed by atoms with Crippen LogP contribution < -0.4 is 21.1 Å². The van der Waals surface area contributed by atoms with Gasteiger partial charge in [-0.3, -0.25) is 0 Å². The first-order valence-electron chi connectivity index (χ1n) is 8.11. The predicted octanol–water partition coefficient (Wildman–Crippen LogP) is 4.77. The Morgan fingerprint density at radius 2 is 1.81 bits per heavy atom. The van der Waals surface area contributed by atoms with Crippen molar-refractivity contribution in [2.24, 2.45) is 5.73 Å². The number of carbonyl (C=O) groups is 1. The van der Waals surface area contributed by atoms with Crippen LogP contribution in [0.4, 0.5) is 16.2 Å². The van der Waals surface area contributed by atoms with Gasteiger partial charge in [0.2, 0.25) is 0 Å². The summed E-state index contributed by atoms with van der Waals surface area (Å²) >= 11 is 0. The highest BCUT2D eigenvalue weighted by molar-refractivity contribution is 6.00. The van der Waals surface area contributed by atoms with Gasteiger partial charge in [-0.2, -0.15) is 0 Å². The summed E-state index contributed by atoms with van der Waals surface area (Å²) < 4.78 is 5.22. The third-order valence-corrected chi connectivity index (χ3v) is 3.51. The number of benzene rings is 2. The third kappa shape index (κ3) is 5.27. The van der Waals surface area contributed by atoms with E-state index in [-0.39, 0.29) is 6.03 Å². The fourth-order valence-corrected chi connectivity index (χ4v) is 2.38. The maximum absolute atomic E-state index is 12.2. The minimum absolute atomic E-state index is 0.346. The highest BCUT2D eigenvalue weighted by atomic mass is 16.5. The van der Waals surface area contributed by atoms with Crippen molar-refractivity contribution in [3.63, 3.8) is 0 Å². The minimum Gasteiger partial charge on any atom is -0.495 e. The van der Waals surface area contributed by atoms with Crippen molar-refractivity contribution >= 4 is 23.0 Å². The number of hydrogen-bond donors (Lipinski definition) is 3. The molecule has 0 radical (unpaired) electrons. The van der Waals surface area contributed by atoms with Crippen LogP contribution in [-0.2, 0) is 0 Å². The quantitative estimate of drug-likeness (QED) is 0.657. The van der Waals surface area contributed by atoms with E-state index < -0.39 is 0 Å². The molecule has 26 heavy (non-hydrogen) atoms. The van der Waals surface area contributed by atoms with Crippen LogP contribution in [0.25, 0.3) is 5.57 Å². The molecule has 0 atom stereocenters. The van der Waals surface area contributed by atoms with Gasteiger partial charge in [0.1, 0.15) is 5.75 Å². The highest BCUT2D eigenvalue weighted by Crippen LogP contribution is 2.24. The molecule has 5 heteroatoms. The van der Waals surface area contributed by atoms with Gasteiger partial charge in [0.05, 0.1) is 12.8 Å². The Balaban J connectivity index is 2.09. The summed E-state index contributed by atoms with van der Waals surface area (Å²) in [6, 6.07) is 14.4. The number of carbonyl (C=O) groups excluding carboxylic acids is 1. The number of anilines is 2. The lowest BCUT2D eigenvalue weighted by molar-refractivity contribution is 0.262. The molecular weight excluding hydrogens is 326 g/mol. The summed E-state index contributed by atoms with van der Waals surface area (Å²) in [7, 11) is 1.56. The van der Waals surface area contributed by atoms with Crippen LogP contribution >= 0.6 is 0 Å². The molecule has 0 heterocycles. The van der Waals surface area contributed by atoms with E-state index in [0.29, 0.717) is 22.8 Å². The summed E-state index contributed by atoms with van der Waals surface area (Å²) in [6.45, 7) is 5.55. The third-order valence-electron chi connectivity index (χ3n) is 3.51. The Morgan fingerprint density at radius 3 is 2.42 bits per heavy atom. The Kier molecular flexibility index (Phi) is 6.62. The molecule has 2 amide bonds.